The molecule has 2 atom stereocenters. The van der Waals surface area contributed by atoms with E-state index in [9.17, 15) is 19.5 Å². The first-order valence-corrected chi connectivity index (χ1v) is 11.3. The van der Waals surface area contributed by atoms with Gasteiger partial charge in [-0.25, -0.2) is 4.79 Å². The zero-order chi connectivity index (χ0) is 25.4. The molecular formula is C25H30N4O6. The fourth-order valence-electron chi connectivity index (χ4n) is 3.82. The number of carbonyl (C=O) groups is 3. The first-order chi connectivity index (χ1) is 16.8. The van der Waals surface area contributed by atoms with E-state index < -0.39 is 29.8 Å². The van der Waals surface area contributed by atoms with E-state index >= 15 is 0 Å². The number of hydrogen-bond acceptors (Lipinski definition) is 7. The first kappa shape index (κ1) is 25.9. The van der Waals surface area contributed by atoms with E-state index in [1.54, 1.807) is 24.3 Å². The van der Waals surface area contributed by atoms with Crippen molar-refractivity contribution in [2.24, 2.45) is 5.73 Å². The van der Waals surface area contributed by atoms with Crippen LogP contribution in [-0.4, -0.2) is 67.1 Å². The highest BCUT2D eigenvalue weighted by Gasteiger charge is 2.36. The van der Waals surface area contributed by atoms with E-state index in [0.29, 0.717) is 42.8 Å². The molecule has 0 radical (unpaired) electrons. The normalized spacial score (nSPS) is 15.6. The molecule has 0 saturated carbocycles. The molecule has 1 heterocycles. The number of nitrogen functional groups attached to an aromatic ring is 1. The molecule has 10 heteroatoms. The third-order valence-corrected chi connectivity index (χ3v) is 5.80. The van der Waals surface area contributed by atoms with Gasteiger partial charge in [-0.1, -0.05) is 24.3 Å². The van der Waals surface area contributed by atoms with Gasteiger partial charge in [0.15, 0.2) is 5.78 Å². The zero-order valence-electron chi connectivity index (χ0n) is 19.5. The molecule has 1 fully saturated rings. The van der Waals surface area contributed by atoms with Gasteiger partial charge in [0.05, 0.1) is 19.3 Å². The standard InChI is InChI=1S/C25H30N4O6/c1-34-18-8-2-15(3-9-18)14-20(29-24(31)17-6-4-16(5-7-17)23(26)27)21(30)22(25(32)33)35-19-10-12-28-13-11-19/h2-9,19-20,22,28H,10-14H2,1H3,(H3,26,27)(H,29,31)(H,32,33). The van der Waals surface area contributed by atoms with Crippen molar-refractivity contribution in [2.45, 2.75) is 37.5 Å². The van der Waals surface area contributed by atoms with Gasteiger partial charge in [-0.05, 0) is 62.2 Å². The molecule has 1 aliphatic heterocycles. The van der Waals surface area contributed by atoms with Crippen LogP contribution in [0.3, 0.4) is 0 Å². The molecule has 0 spiro atoms. The van der Waals surface area contributed by atoms with Crippen LogP contribution in [0, 0.1) is 5.41 Å². The lowest BCUT2D eigenvalue weighted by Crippen LogP contribution is -2.51. The number of rotatable bonds is 11. The number of amidine groups is 1. The number of ether oxygens (including phenoxy) is 2. The Balaban J connectivity index is 1.83. The number of nitrogens with one attached hydrogen (secondary N) is 3. The van der Waals surface area contributed by atoms with Gasteiger partial charge in [0, 0.05) is 11.1 Å². The van der Waals surface area contributed by atoms with E-state index in [-0.39, 0.29) is 23.9 Å². The molecule has 0 aliphatic carbocycles. The third kappa shape index (κ3) is 7.11. The molecule has 3 rings (SSSR count). The minimum Gasteiger partial charge on any atom is -0.497 e. The summed E-state index contributed by atoms with van der Waals surface area (Å²) in [5, 5.41) is 23.1. The molecule has 1 saturated heterocycles. The number of methoxy groups -OCH3 is 1. The minimum atomic E-state index is -1.71. The Morgan fingerprint density at radius 1 is 1.09 bits per heavy atom. The van der Waals surface area contributed by atoms with Gasteiger partial charge >= 0.3 is 5.97 Å². The maximum Gasteiger partial charge on any atom is 0.340 e. The predicted octanol–water partition coefficient (Wildman–Crippen LogP) is 1.11. The number of piperidine rings is 1. The van der Waals surface area contributed by atoms with E-state index in [1.165, 1.54) is 31.4 Å². The molecule has 10 nitrogen and oxygen atoms in total. The van der Waals surface area contributed by atoms with Crippen molar-refractivity contribution in [3.63, 3.8) is 0 Å². The third-order valence-electron chi connectivity index (χ3n) is 5.80. The highest BCUT2D eigenvalue weighted by molar-refractivity contribution is 6.06. The number of nitrogens with two attached hydrogens (primary N) is 1. The molecule has 35 heavy (non-hydrogen) atoms. The van der Waals surface area contributed by atoms with Crippen molar-refractivity contribution >= 4 is 23.5 Å². The maximum absolute atomic E-state index is 13.4. The van der Waals surface area contributed by atoms with E-state index in [1.807, 2.05) is 0 Å². The number of carboxylic acid groups (broad SMARTS) is 1. The average molecular weight is 483 g/mol. The molecule has 0 bridgehead atoms. The van der Waals surface area contributed by atoms with Crippen LogP contribution in [0.5, 0.6) is 5.75 Å². The summed E-state index contributed by atoms with van der Waals surface area (Å²) in [4.78, 5) is 38.3. The number of Topliss-reactive ketones (excluding diaryl/α,β-unsaturated/α-hetero) is 1. The summed E-state index contributed by atoms with van der Waals surface area (Å²) < 4.78 is 10.9. The number of carboxylic acids is 1. The fraction of sp³-hybridized carbons (Fsp3) is 0.360. The maximum atomic E-state index is 13.4. The first-order valence-electron chi connectivity index (χ1n) is 11.3. The van der Waals surface area contributed by atoms with Crippen molar-refractivity contribution in [1.29, 1.82) is 5.41 Å². The average Bonchev–Trinajstić information content (AvgIpc) is 2.87. The highest BCUT2D eigenvalue weighted by atomic mass is 16.5. The van der Waals surface area contributed by atoms with E-state index in [0.717, 1.165) is 0 Å². The molecule has 2 aromatic carbocycles. The van der Waals surface area contributed by atoms with Crippen LogP contribution in [0.25, 0.3) is 0 Å². The van der Waals surface area contributed by atoms with Crippen LogP contribution < -0.4 is 21.1 Å². The summed E-state index contributed by atoms with van der Waals surface area (Å²) in [7, 11) is 1.54. The Morgan fingerprint density at radius 2 is 1.69 bits per heavy atom. The van der Waals surface area contributed by atoms with Gasteiger partial charge in [-0.15, -0.1) is 0 Å². The Morgan fingerprint density at radius 3 is 2.23 bits per heavy atom. The van der Waals surface area contributed by atoms with Gasteiger partial charge < -0.3 is 30.9 Å². The monoisotopic (exact) mass is 482 g/mol. The largest absolute Gasteiger partial charge is 0.497 e. The molecule has 2 aromatic rings. The summed E-state index contributed by atoms with van der Waals surface area (Å²) >= 11 is 0. The SMILES string of the molecule is COc1ccc(CC(NC(=O)c2ccc(C(=N)N)cc2)C(=O)C(OC2CCNCC2)C(=O)O)cc1. The number of benzene rings is 2. The van der Waals surface area contributed by atoms with Crippen molar-refractivity contribution in [1.82, 2.24) is 10.6 Å². The van der Waals surface area contributed by atoms with Crippen LogP contribution in [0.2, 0.25) is 0 Å². The van der Waals surface area contributed by atoms with Crippen LogP contribution in [-0.2, 0) is 20.7 Å². The molecule has 1 amide bonds. The Bertz CT molecular complexity index is 1050. The summed E-state index contributed by atoms with van der Waals surface area (Å²) in [6.07, 6.45) is -0.816. The van der Waals surface area contributed by atoms with Gasteiger partial charge in [-0.3, -0.25) is 15.0 Å². The smallest absolute Gasteiger partial charge is 0.340 e. The van der Waals surface area contributed by atoms with Gasteiger partial charge in [0.1, 0.15) is 11.6 Å². The number of carbonyl (C=O) groups excluding carboxylic acids is 2. The van der Waals surface area contributed by atoms with Crippen molar-refractivity contribution < 1.29 is 29.0 Å². The lowest BCUT2D eigenvalue weighted by atomic mass is 9.97. The quantitative estimate of drug-likeness (QED) is 0.181. The number of hydrogen-bond donors (Lipinski definition) is 5. The van der Waals surface area contributed by atoms with E-state index in [4.69, 9.17) is 20.6 Å². The lowest BCUT2D eigenvalue weighted by Gasteiger charge is -2.28. The molecule has 2 unspecified atom stereocenters. The number of aliphatic carboxylic acids is 1. The van der Waals surface area contributed by atoms with Gasteiger partial charge in [0.25, 0.3) is 5.91 Å². The fourth-order valence-corrected chi connectivity index (χ4v) is 3.82. The minimum absolute atomic E-state index is 0.0689. The molecule has 1 aliphatic rings. The van der Waals surface area contributed by atoms with Crippen LogP contribution in [0.15, 0.2) is 48.5 Å². The Hall–Kier alpha value is -3.76. The second-order valence-electron chi connectivity index (χ2n) is 8.28. The predicted molar refractivity (Wildman–Crippen MR) is 129 cm³/mol. The zero-order valence-corrected chi connectivity index (χ0v) is 19.5. The lowest BCUT2D eigenvalue weighted by molar-refractivity contribution is -0.162. The second kappa shape index (κ2) is 12.1. The summed E-state index contributed by atoms with van der Waals surface area (Å²) in [5.74, 6) is -2.19. The van der Waals surface area contributed by atoms with Crippen molar-refractivity contribution in [2.75, 3.05) is 20.2 Å². The van der Waals surface area contributed by atoms with Crippen molar-refractivity contribution in [3.05, 3.63) is 65.2 Å². The Kier molecular flexibility index (Phi) is 8.93. The summed E-state index contributed by atoms with van der Waals surface area (Å²) in [6.45, 7) is 1.35. The summed E-state index contributed by atoms with van der Waals surface area (Å²) in [5.41, 5.74) is 6.87. The summed E-state index contributed by atoms with van der Waals surface area (Å²) in [6, 6.07) is 11.8. The van der Waals surface area contributed by atoms with E-state index in [2.05, 4.69) is 10.6 Å². The number of amides is 1. The van der Waals surface area contributed by atoms with Crippen LogP contribution in [0.4, 0.5) is 0 Å². The van der Waals surface area contributed by atoms with Crippen LogP contribution >= 0.6 is 0 Å². The Labute approximate surface area is 203 Å². The topological polar surface area (TPSA) is 164 Å². The molecule has 6 N–H and O–H groups in total. The van der Waals surface area contributed by atoms with Crippen molar-refractivity contribution in [3.8, 4) is 5.75 Å². The highest BCUT2D eigenvalue weighted by Crippen LogP contribution is 2.17. The number of ketones is 1. The second-order valence-corrected chi connectivity index (χ2v) is 8.28. The van der Waals surface area contributed by atoms with Gasteiger partial charge in [0.2, 0.25) is 6.10 Å². The van der Waals surface area contributed by atoms with Gasteiger partial charge in [-0.2, -0.15) is 0 Å². The molecular weight excluding hydrogens is 452 g/mol. The molecule has 0 aromatic heterocycles. The van der Waals surface area contributed by atoms with Crippen LogP contribution in [0.1, 0.15) is 34.3 Å². The molecule has 186 valence electrons.